The van der Waals surface area contributed by atoms with Crippen molar-refractivity contribution in [3.05, 3.63) is 60.4 Å². The lowest BCUT2D eigenvalue weighted by atomic mass is 10.3. The average Bonchev–Trinajstić information content (AvgIpc) is 2.96. The van der Waals surface area contributed by atoms with Gasteiger partial charge in [-0.05, 0) is 36.0 Å². The Morgan fingerprint density at radius 3 is 2.45 bits per heavy atom. The molecule has 2 aromatic carbocycles. The van der Waals surface area contributed by atoms with Gasteiger partial charge in [-0.2, -0.15) is 0 Å². The van der Waals surface area contributed by atoms with E-state index in [0.29, 0.717) is 5.69 Å². The molecule has 2 aromatic heterocycles. The van der Waals surface area contributed by atoms with Crippen molar-refractivity contribution >= 4 is 49.5 Å². The van der Waals surface area contributed by atoms with E-state index in [-0.39, 0.29) is 5.12 Å². The molecule has 0 atom stereocenters. The highest BCUT2D eigenvalue weighted by atomic mass is 32.2. The third-order valence-corrected chi connectivity index (χ3v) is 5.10. The SMILES string of the molecule is O=C(Sc1nc2ccccc2s1)c1cnc2ccccc2n1. The molecule has 0 fully saturated rings. The molecule has 6 heteroatoms. The average molecular weight is 323 g/mol. The van der Waals surface area contributed by atoms with Crippen LogP contribution in [0.5, 0.6) is 0 Å². The topological polar surface area (TPSA) is 55.7 Å². The van der Waals surface area contributed by atoms with Gasteiger partial charge in [-0.15, -0.1) is 11.3 Å². The van der Waals surface area contributed by atoms with Gasteiger partial charge in [0.2, 0.25) is 5.12 Å². The highest BCUT2D eigenvalue weighted by Crippen LogP contribution is 2.31. The van der Waals surface area contributed by atoms with Gasteiger partial charge in [0.1, 0.15) is 5.69 Å². The first-order valence-corrected chi connectivity index (χ1v) is 8.22. The molecule has 0 aliphatic carbocycles. The lowest BCUT2D eigenvalue weighted by Gasteiger charge is -1.99. The molecule has 0 radical (unpaired) electrons. The van der Waals surface area contributed by atoms with Gasteiger partial charge >= 0.3 is 0 Å². The van der Waals surface area contributed by atoms with E-state index in [0.717, 1.165) is 37.4 Å². The molecule has 0 spiro atoms. The van der Waals surface area contributed by atoms with Crippen LogP contribution < -0.4 is 0 Å². The summed E-state index contributed by atoms with van der Waals surface area (Å²) in [6.07, 6.45) is 1.52. The van der Waals surface area contributed by atoms with E-state index in [4.69, 9.17) is 0 Å². The number of nitrogens with zero attached hydrogens (tertiary/aromatic N) is 3. The van der Waals surface area contributed by atoms with Crippen LogP contribution in [0.2, 0.25) is 0 Å². The zero-order valence-electron chi connectivity index (χ0n) is 11.3. The maximum Gasteiger partial charge on any atom is 0.246 e. The van der Waals surface area contributed by atoms with Crippen LogP contribution in [-0.4, -0.2) is 20.1 Å². The molecule has 4 nitrogen and oxygen atoms in total. The zero-order chi connectivity index (χ0) is 14.9. The van der Waals surface area contributed by atoms with E-state index in [9.17, 15) is 4.79 Å². The molecule has 0 amide bonds. The van der Waals surface area contributed by atoms with E-state index in [1.807, 2.05) is 48.5 Å². The Hall–Kier alpha value is -2.31. The molecule has 0 aliphatic rings. The molecule has 0 unspecified atom stereocenters. The number of thiazole rings is 1. The van der Waals surface area contributed by atoms with Crippen LogP contribution in [0.3, 0.4) is 0 Å². The van der Waals surface area contributed by atoms with Crippen molar-refractivity contribution in [2.75, 3.05) is 0 Å². The Kier molecular flexibility index (Phi) is 3.32. The van der Waals surface area contributed by atoms with Crippen molar-refractivity contribution in [3.63, 3.8) is 0 Å². The maximum atomic E-state index is 12.4. The van der Waals surface area contributed by atoms with Crippen LogP contribution in [0.1, 0.15) is 10.5 Å². The first kappa shape index (κ1) is 13.4. The van der Waals surface area contributed by atoms with Crippen molar-refractivity contribution in [1.29, 1.82) is 0 Å². The van der Waals surface area contributed by atoms with E-state index in [2.05, 4.69) is 15.0 Å². The van der Waals surface area contributed by atoms with Crippen LogP contribution >= 0.6 is 23.1 Å². The third kappa shape index (κ3) is 2.47. The summed E-state index contributed by atoms with van der Waals surface area (Å²) >= 11 is 2.60. The molecule has 0 saturated carbocycles. The van der Waals surface area contributed by atoms with Crippen molar-refractivity contribution in [3.8, 4) is 0 Å². The van der Waals surface area contributed by atoms with E-state index >= 15 is 0 Å². The number of carbonyl (C=O) groups is 1. The number of fused-ring (bicyclic) bond motifs is 2. The van der Waals surface area contributed by atoms with Crippen LogP contribution in [0.25, 0.3) is 21.3 Å². The Balaban J connectivity index is 1.65. The largest absolute Gasteiger partial charge is 0.279 e. The summed E-state index contributed by atoms with van der Waals surface area (Å²) in [5.74, 6) is 0. The number of hydrogen-bond donors (Lipinski definition) is 0. The number of carbonyl (C=O) groups excluding carboxylic acids is 1. The number of hydrogen-bond acceptors (Lipinski definition) is 6. The van der Waals surface area contributed by atoms with E-state index in [1.165, 1.54) is 17.5 Å². The molecule has 0 bridgehead atoms. The second-order valence-electron chi connectivity index (χ2n) is 4.58. The van der Waals surface area contributed by atoms with Crippen LogP contribution in [0.15, 0.2) is 59.1 Å². The molecular formula is C16H9N3OS2. The molecule has 0 saturated heterocycles. The lowest BCUT2D eigenvalue weighted by molar-refractivity contribution is 0.108. The minimum Gasteiger partial charge on any atom is -0.279 e. The Labute approximate surface area is 134 Å². The quantitative estimate of drug-likeness (QED) is 0.518. The molecule has 4 aromatic rings. The Morgan fingerprint density at radius 2 is 1.64 bits per heavy atom. The predicted molar refractivity (Wildman–Crippen MR) is 89.3 cm³/mol. The summed E-state index contributed by atoms with van der Waals surface area (Å²) in [6, 6.07) is 15.3. The standard InChI is InChI=1S/C16H9N3OS2/c20-15(13-9-17-10-5-1-2-6-11(10)18-13)22-16-19-12-7-3-4-8-14(12)21-16/h1-9H. The molecule has 4 rings (SSSR count). The number of para-hydroxylation sites is 3. The van der Waals surface area contributed by atoms with Crippen molar-refractivity contribution in [2.24, 2.45) is 0 Å². The van der Waals surface area contributed by atoms with Gasteiger partial charge in [0.15, 0.2) is 4.34 Å². The van der Waals surface area contributed by atoms with Crippen LogP contribution in [0.4, 0.5) is 0 Å². The third-order valence-electron chi connectivity index (χ3n) is 3.11. The molecular weight excluding hydrogens is 314 g/mol. The monoisotopic (exact) mass is 323 g/mol. The molecule has 106 valence electrons. The van der Waals surface area contributed by atoms with Gasteiger partial charge in [0.25, 0.3) is 0 Å². The van der Waals surface area contributed by atoms with Gasteiger partial charge in [-0.25, -0.2) is 9.97 Å². The molecule has 0 aliphatic heterocycles. The predicted octanol–water partition coefficient (Wildman–Crippen LogP) is 4.17. The molecule has 22 heavy (non-hydrogen) atoms. The highest BCUT2D eigenvalue weighted by Gasteiger charge is 2.14. The Bertz CT molecular complexity index is 964. The molecule has 0 N–H and O–H groups in total. The fourth-order valence-corrected chi connectivity index (χ4v) is 3.95. The van der Waals surface area contributed by atoms with Gasteiger partial charge in [-0.1, -0.05) is 24.3 Å². The second kappa shape index (κ2) is 5.47. The second-order valence-corrected chi connectivity index (χ2v) is 6.83. The first-order valence-electron chi connectivity index (χ1n) is 6.59. The minimum atomic E-state index is -0.141. The van der Waals surface area contributed by atoms with Crippen LogP contribution in [-0.2, 0) is 0 Å². The van der Waals surface area contributed by atoms with Crippen molar-refractivity contribution in [1.82, 2.24) is 15.0 Å². The summed E-state index contributed by atoms with van der Waals surface area (Å²) in [6.45, 7) is 0. The number of rotatable bonds is 2. The normalized spacial score (nSPS) is 11.1. The van der Waals surface area contributed by atoms with Crippen LogP contribution in [0, 0.1) is 0 Å². The lowest BCUT2D eigenvalue weighted by Crippen LogP contribution is -1.99. The summed E-state index contributed by atoms with van der Waals surface area (Å²) < 4.78 is 1.79. The number of benzene rings is 2. The zero-order valence-corrected chi connectivity index (χ0v) is 12.9. The van der Waals surface area contributed by atoms with Crippen molar-refractivity contribution < 1.29 is 4.79 Å². The first-order chi connectivity index (χ1) is 10.8. The summed E-state index contributed by atoms with van der Waals surface area (Å²) in [5, 5.41) is -0.141. The van der Waals surface area contributed by atoms with Gasteiger partial charge in [0.05, 0.1) is 27.4 Å². The Morgan fingerprint density at radius 1 is 0.909 bits per heavy atom. The fourth-order valence-electron chi connectivity index (χ4n) is 2.08. The summed E-state index contributed by atoms with van der Waals surface area (Å²) in [5.41, 5.74) is 2.76. The van der Waals surface area contributed by atoms with Crippen molar-refractivity contribution in [2.45, 2.75) is 4.34 Å². The molecule has 2 heterocycles. The summed E-state index contributed by atoms with van der Waals surface area (Å²) in [7, 11) is 0. The van der Waals surface area contributed by atoms with Gasteiger partial charge in [0, 0.05) is 0 Å². The highest BCUT2D eigenvalue weighted by molar-refractivity contribution is 8.15. The van der Waals surface area contributed by atoms with Gasteiger partial charge in [-0.3, -0.25) is 9.78 Å². The maximum absolute atomic E-state index is 12.4. The number of thioether (sulfide) groups is 1. The van der Waals surface area contributed by atoms with Gasteiger partial charge < -0.3 is 0 Å². The van der Waals surface area contributed by atoms with E-state index in [1.54, 1.807) is 0 Å². The minimum absolute atomic E-state index is 0.141. The van der Waals surface area contributed by atoms with E-state index < -0.39 is 0 Å². The fraction of sp³-hybridized carbons (Fsp3) is 0. The number of aromatic nitrogens is 3. The smallest absolute Gasteiger partial charge is 0.246 e. The summed E-state index contributed by atoms with van der Waals surface area (Å²) in [4.78, 5) is 25.5.